The molecule has 1 amide bonds. The Morgan fingerprint density at radius 3 is 2.64 bits per heavy atom. The van der Waals surface area contributed by atoms with Crippen LogP contribution in [0.3, 0.4) is 0 Å². The van der Waals surface area contributed by atoms with Crippen molar-refractivity contribution in [2.75, 3.05) is 7.11 Å². The van der Waals surface area contributed by atoms with Gasteiger partial charge in [0.2, 0.25) is 5.91 Å². The Morgan fingerprint density at radius 2 is 2.21 bits per heavy atom. The molecule has 4 heteroatoms. The summed E-state index contributed by atoms with van der Waals surface area (Å²) < 4.78 is 4.94. The Bertz CT molecular complexity index is 419. The Kier molecular flexibility index (Phi) is 2.73. The zero-order valence-electron chi connectivity index (χ0n) is 8.00. The van der Waals surface area contributed by atoms with Crippen molar-refractivity contribution in [3.8, 4) is 11.8 Å². The third-order valence-electron chi connectivity index (χ3n) is 2.00. The number of nitrogens with two attached hydrogens (primary N) is 1. The van der Waals surface area contributed by atoms with Crippen LogP contribution >= 0.6 is 0 Å². The van der Waals surface area contributed by atoms with E-state index in [0.29, 0.717) is 22.4 Å². The standard InChI is InChI=1S/C10H10N2O2/c1-6-7(5-11)3-8(14-2)4-9(6)10(12)13/h3-4H,1-2H3,(H2,12,13). The minimum absolute atomic E-state index is 0.320. The molecule has 72 valence electrons. The van der Waals surface area contributed by atoms with Crippen LogP contribution in [-0.2, 0) is 0 Å². The number of hydrogen-bond donors (Lipinski definition) is 1. The third kappa shape index (κ3) is 1.67. The van der Waals surface area contributed by atoms with Gasteiger partial charge in [-0.25, -0.2) is 0 Å². The van der Waals surface area contributed by atoms with E-state index < -0.39 is 5.91 Å². The van der Waals surface area contributed by atoms with E-state index in [2.05, 4.69) is 0 Å². The SMILES string of the molecule is COc1cc(C#N)c(C)c(C(N)=O)c1. The number of amides is 1. The maximum atomic E-state index is 11.0. The zero-order valence-corrected chi connectivity index (χ0v) is 8.00. The van der Waals surface area contributed by atoms with Gasteiger partial charge in [0.1, 0.15) is 5.75 Å². The lowest BCUT2D eigenvalue weighted by atomic mass is 10.0. The number of primary amides is 1. The fourth-order valence-corrected chi connectivity index (χ4v) is 1.18. The number of carbonyl (C=O) groups is 1. The lowest BCUT2D eigenvalue weighted by Crippen LogP contribution is -2.13. The molecule has 0 aliphatic carbocycles. The second-order valence-corrected chi connectivity index (χ2v) is 2.82. The molecule has 0 atom stereocenters. The van der Waals surface area contributed by atoms with Gasteiger partial charge in [0, 0.05) is 5.56 Å². The van der Waals surface area contributed by atoms with Gasteiger partial charge < -0.3 is 10.5 Å². The van der Waals surface area contributed by atoms with Crippen molar-refractivity contribution >= 4 is 5.91 Å². The summed E-state index contributed by atoms with van der Waals surface area (Å²) in [5, 5.41) is 8.79. The first-order chi connectivity index (χ1) is 6.60. The molecule has 1 aromatic rings. The van der Waals surface area contributed by atoms with E-state index in [1.54, 1.807) is 13.0 Å². The van der Waals surface area contributed by atoms with Crippen molar-refractivity contribution in [2.24, 2.45) is 5.73 Å². The van der Waals surface area contributed by atoms with E-state index in [0.717, 1.165) is 0 Å². The van der Waals surface area contributed by atoms with Gasteiger partial charge in [-0.05, 0) is 24.6 Å². The van der Waals surface area contributed by atoms with Gasteiger partial charge in [-0.15, -0.1) is 0 Å². The van der Waals surface area contributed by atoms with Crippen LogP contribution in [0.1, 0.15) is 21.5 Å². The molecule has 0 bridgehead atoms. The number of ether oxygens (including phenoxy) is 1. The molecule has 0 aromatic heterocycles. The molecule has 0 heterocycles. The molecule has 0 unspecified atom stereocenters. The lowest BCUT2D eigenvalue weighted by Gasteiger charge is -2.06. The predicted molar refractivity (Wildman–Crippen MR) is 51.0 cm³/mol. The van der Waals surface area contributed by atoms with Gasteiger partial charge in [-0.2, -0.15) is 5.26 Å². The highest BCUT2D eigenvalue weighted by atomic mass is 16.5. The number of nitriles is 1. The summed E-state index contributed by atoms with van der Waals surface area (Å²) in [6.45, 7) is 1.68. The van der Waals surface area contributed by atoms with Crippen LogP contribution in [0.5, 0.6) is 5.75 Å². The molecule has 0 saturated heterocycles. The van der Waals surface area contributed by atoms with Gasteiger partial charge in [-0.1, -0.05) is 0 Å². The van der Waals surface area contributed by atoms with Crippen LogP contribution < -0.4 is 10.5 Å². The van der Waals surface area contributed by atoms with Crippen molar-refractivity contribution in [1.29, 1.82) is 5.26 Å². The van der Waals surface area contributed by atoms with Crippen molar-refractivity contribution in [3.05, 3.63) is 28.8 Å². The number of rotatable bonds is 2. The number of nitrogens with zero attached hydrogens (tertiary/aromatic N) is 1. The van der Waals surface area contributed by atoms with Crippen molar-refractivity contribution in [2.45, 2.75) is 6.92 Å². The maximum absolute atomic E-state index is 11.0. The molecular formula is C10H10N2O2. The van der Waals surface area contributed by atoms with Crippen LogP contribution in [0.15, 0.2) is 12.1 Å². The first-order valence-electron chi connectivity index (χ1n) is 3.98. The molecule has 0 saturated carbocycles. The van der Waals surface area contributed by atoms with Crippen LogP contribution in [0, 0.1) is 18.3 Å². The average Bonchev–Trinajstić information content (AvgIpc) is 2.17. The predicted octanol–water partition coefficient (Wildman–Crippen LogP) is 0.974. The average molecular weight is 190 g/mol. The number of carbonyl (C=O) groups excluding carboxylic acids is 1. The highest BCUT2D eigenvalue weighted by Gasteiger charge is 2.11. The molecule has 0 spiro atoms. The lowest BCUT2D eigenvalue weighted by molar-refractivity contribution is 0.0999. The van der Waals surface area contributed by atoms with Crippen molar-refractivity contribution in [1.82, 2.24) is 0 Å². The summed E-state index contributed by atoms with van der Waals surface area (Å²) in [5.74, 6) is -0.0983. The van der Waals surface area contributed by atoms with E-state index in [4.69, 9.17) is 15.7 Å². The highest BCUT2D eigenvalue weighted by molar-refractivity contribution is 5.95. The van der Waals surface area contributed by atoms with Crippen LogP contribution in [-0.4, -0.2) is 13.0 Å². The molecule has 0 aliphatic heterocycles. The fraction of sp³-hybridized carbons (Fsp3) is 0.200. The van der Waals surface area contributed by atoms with Gasteiger partial charge in [0.05, 0.1) is 18.7 Å². The molecule has 1 rings (SSSR count). The topological polar surface area (TPSA) is 76.1 Å². The minimum Gasteiger partial charge on any atom is -0.497 e. The molecule has 14 heavy (non-hydrogen) atoms. The van der Waals surface area contributed by atoms with E-state index >= 15 is 0 Å². The zero-order chi connectivity index (χ0) is 10.7. The Hall–Kier alpha value is -2.02. The van der Waals surface area contributed by atoms with Gasteiger partial charge in [0.15, 0.2) is 0 Å². The van der Waals surface area contributed by atoms with Crippen LogP contribution in [0.2, 0.25) is 0 Å². The number of hydrogen-bond acceptors (Lipinski definition) is 3. The van der Waals surface area contributed by atoms with E-state index in [1.165, 1.54) is 13.2 Å². The molecular weight excluding hydrogens is 180 g/mol. The largest absolute Gasteiger partial charge is 0.497 e. The molecule has 2 N–H and O–H groups in total. The monoisotopic (exact) mass is 190 g/mol. The molecule has 0 fully saturated rings. The van der Waals surface area contributed by atoms with E-state index in [1.807, 2.05) is 6.07 Å². The summed E-state index contributed by atoms with van der Waals surface area (Å²) in [5.41, 5.74) is 6.46. The maximum Gasteiger partial charge on any atom is 0.249 e. The van der Waals surface area contributed by atoms with E-state index in [9.17, 15) is 4.79 Å². The smallest absolute Gasteiger partial charge is 0.249 e. The second-order valence-electron chi connectivity index (χ2n) is 2.82. The van der Waals surface area contributed by atoms with Crippen LogP contribution in [0.25, 0.3) is 0 Å². The molecule has 0 radical (unpaired) electrons. The van der Waals surface area contributed by atoms with Crippen LogP contribution in [0.4, 0.5) is 0 Å². The quantitative estimate of drug-likeness (QED) is 0.755. The summed E-state index contributed by atoms with van der Waals surface area (Å²) in [6, 6.07) is 5.07. The van der Waals surface area contributed by atoms with Gasteiger partial charge >= 0.3 is 0 Å². The normalized spacial score (nSPS) is 9.21. The Morgan fingerprint density at radius 1 is 1.57 bits per heavy atom. The summed E-state index contributed by atoms with van der Waals surface area (Å²) in [7, 11) is 1.47. The minimum atomic E-state index is -0.557. The summed E-state index contributed by atoms with van der Waals surface area (Å²) in [6.07, 6.45) is 0. The second kappa shape index (κ2) is 3.79. The summed E-state index contributed by atoms with van der Waals surface area (Å²) in [4.78, 5) is 11.0. The van der Waals surface area contributed by atoms with Crippen molar-refractivity contribution < 1.29 is 9.53 Å². The Labute approximate surface area is 81.9 Å². The molecule has 0 aliphatic rings. The number of methoxy groups -OCH3 is 1. The van der Waals surface area contributed by atoms with Crippen molar-refractivity contribution in [3.63, 3.8) is 0 Å². The molecule has 1 aromatic carbocycles. The molecule has 4 nitrogen and oxygen atoms in total. The van der Waals surface area contributed by atoms with E-state index in [-0.39, 0.29) is 0 Å². The number of benzene rings is 1. The van der Waals surface area contributed by atoms with Gasteiger partial charge in [-0.3, -0.25) is 4.79 Å². The first-order valence-corrected chi connectivity index (χ1v) is 3.98. The Balaban J connectivity index is 3.44. The third-order valence-corrected chi connectivity index (χ3v) is 2.00. The first kappa shape index (κ1) is 10.1. The fourth-order valence-electron chi connectivity index (χ4n) is 1.18. The van der Waals surface area contributed by atoms with Gasteiger partial charge in [0.25, 0.3) is 0 Å². The highest BCUT2D eigenvalue weighted by Crippen LogP contribution is 2.21. The summed E-state index contributed by atoms with van der Waals surface area (Å²) >= 11 is 0.